The van der Waals surface area contributed by atoms with Gasteiger partial charge in [-0.3, -0.25) is 9.59 Å². The van der Waals surface area contributed by atoms with E-state index in [1.807, 2.05) is 26.0 Å². The van der Waals surface area contributed by atoms with Crippen LogP contribution in [0.25, 0.3) is 0 Å². The first-order valence-electron chi connectivity index (χ1n) is 9.09. The number of ether oxygens (including phenoxy) is 1. The number of carbonyl (C=O) groups is 2. The summed E-state index contributed by atoms with van der Waals surface area (Å²) in [5.74, 6) is -0.608. The molecule has 1 fully saturated rings. The minimum Gasteiger partial charge on any atom is -0.488 e. The number of carbonyl (C=O) groups excluding carboxylic acids is 2. The molecule has 1 aromatic carbocycles. The van der Waals surface area contributed by atoms with Gasteiger partial charge in [-0.2, -0.15) is 0 Å². The minimum atomic E-state index is -0.547. The van der Waals surface area contributed by atoms with E-state index < -0.39 is 5.82 Å². The molecular formula is C20H24FN3O3. The van der Waals surface area contributed by atoms with Gasteiger partial charge in [0.25, 0.3) is 5.91 Å². The predicted octanol–water partition coefficient (Wildman–Crippen LogP) is 2.47. The highest BCUT2D eigenvalue weighted by atomic mass is 19.1. The van der Waals surface area contributed by atoms with Crippen LogP contribution in [0, 0.1) is 5.82 Å². The van der Waals surface area contributed by atoms with E-state index in [0.717, 1.165) is 5.69 Å². The molecule has 6 nitrogen and oxygen atoms in total. The summed E-state index contributed by atoms with van der Waals surface area (Å²) in [5, 5.41) is 0. The lowest BCUT2D eigenvalue weighted by Gasteiger charge is -2.34. The van der Waals surface area contributed by atoms with Crippen molar-refractivity contribution in [1.82, 2.24) is 14.8 Å². The standard InChI is InChI=1S/C20H24FN3O3/c1-14(2)27-18-6-5-15(12-17(18)21)20(26)24-10-8-23(9-11-24)19(25)13-16-4-3-7-22-16/h3-7,12,14,22H,8-11,13H2,1-2H3. The molecule has 144 valence electrons. The molecule has 1 N–H and O–H groups in total. The van der Waals surface area contributed by atoms with Gasteiger partial charge in [0.2, 0.25) is 5.91 Å². The van der Waals surface area contributed by atoms with Crippen LogP contribution in [0.4, 0.5) is 4.39 Å². The van der Waals surface area contributed by atoms with Crippen molar-refractivity contribution in [2.75, 3.05) is 26.2 Å². The van der Waals surface area contributed by atoms with Crippen LogP contribution in [0.3, 0.4) is 0 Å². The Hall–Kier alpha value is -2.83. The molecule has 1 aromatic heterocycles. The van der Waals surface area contributed by atoms with Crippen molar-refractivity contribution in [3.8, 4) is 5.75 Å². The molecule has 2 amide bonds. The zero-order chi connectivity index (χ0) is 19.4. The van der Waals surface area contributed by atoms with Crippen LogP contribution in [0.15, 0.2) is 36.5 Å². The van der Waals surface area contributed by atoms with Gasteiger partial charge < -0.3 is 19.5 Å². The zero-order valence-electron chi connectivity index (χ0n) is 15.6. The SMILES string of the molecule is CC(C)Oc1ccc(C(=O)N2CCN(C(=O)Cc3ccc[nH]3)CC2)cc1F. The summed E-state index contributed by atoms with van der Waals surface area (Å²) in [6, 6.07) is 8.00. The summed E-state index contributed by atoms with van der Waals surface area (Å²) >= 11 is 0. The third-order valence-electron chi connectivity index (χ3n) is 4.47. The molecule has 1 aliphatic heterocycles. The smallest absolute Gasteiger partial charge is 0.254 e. The van der Waals surface area contributed by atoms with Crippen LogP contribution in [0.1, 0.15) is 29.9 Å². The second-order valence-electron chi connectivity index (χ2n) is 6.86. The molecule has 2 heterocycles. The van der Waals surface area contributed by atoms with E-state index in [1.54, 1.807) is 22.1 Å². The number of H-pyrrole nitrogens is 1. The number of halogens is 1. The highest BCUT2D eigenvalue weighted by Gasteiger charge is 2.25. The molecule has 1 saturated heterocycles. The molecular weight excluding hydrogens is 349 g/mol. The Labute approximate surface area is 157 Å². The van der Waals surface area contributed by atoms with Gasteiger partial charge in [-0.25, -0.2) is 4.39 Å². The van der Waals surface area contributed by atoms with Crippen molar-refractivity contribution >= 4 is 11.8 Å². The van der Waals surface area contributed by atoms with Gasteiger partial charge in [-0.05, 0) is 44.2 Å². The first kappa shape index (κ1) is 18.9. The van der Waals surface area contributed by atoms with Crippen molar-refractivity contribution in [2.24, 2.45) is 0 Å². The highest BCUT2D eigenvalue weighted by molar-refractivity contribution is 5.94. The van der Waals surface area contributed by atoms with Crippen LogP contribution in [-0.4, -0.2) is 58.9 Å². The molecule has 0 bridgehead atoms. The van der Waals surface area contributed by atoms with Gasteiger partial charge in [0, 0.05) is 43.6 Å². The van der Waals surface area contributed by atoms with Gasteiger partial charge in [-0.1, -0.05) is 0 Å². The summed E-state index contributed by atoms with van der Waals surface area (Å²) in [7, 11) is 0. The Morgan fingerprint density at radius 3 is 2.44 bits per heavy atom. The molecule has 0 saturated carbocycles. The summed E-state index contributed by atoms with van der Waals surface area (Å²) < 4.78 is 19.5. The topological polar surface area (TPSA) is 65.6 Å². The molecule has 2 aromatic rings. The van der Waals surface area contributed by atoms with Crippen LogP contribution < -0.4 is 4.74 Å². The van der Waals surface area contributed by atoms with Crippen molar-refractivity contribution in [3.63, 3.8) is 0 Å². The summed E-state index contributed by atoms with van der Waals surface area (Å²) in [6.07, 6.45) is 1.97. The summed E-state index contributed by atoms with van der Waals surface area (Å²) in [4.78, 5) is 31.4. The molecule has 0 atom stereocenters. The van der Waals surface area contributed by atoms with Crippen molar-refractivity contribution < 1.29 is 18.7 Å². The lowest BCUT2D eigenvalue weighted by atomic mass is 10.1. The quantitative estimate of drug-likeness (QED) is 0.876. The normalized spacial score (nSPS) is 14.5. The molecule has 27 heavy (non-hydrogen) atoms. The van der Waals surface area contributed by atoms with Gasteiger partial charge in [0.15, 0.2) is 11.6 Å². The van der Waals surface area contributed by atoms with Crippen molar-refractivity contribution in [1.29, 1.82) is 0 Å². The average Bonchev–Trinajstić information content (AvgIpc) is 3.15. The van der Waals surface area contributed by atoms with Crippen LogP contribution in [0.5, 0.6) is 5.75 Å². The lowest BCUT2D eigenvalue weighted by molar-refractivity contribution is -0.132. The molecule has 0 spiro atoms. The maximum absolute atomic E-state index is 14.1. The number of hydrogen-bond donors (Lipinski definition) is 1. The number of nitrogens with zero attached hydrogens (tertiary/aromatic N) is 2. The second kappa shape index (κ2) is 8.24. The van der Waals surface area contributed by atoms with E-state index in [9.17, 15) is 14.0 Å². The van der Waals surface area contributed by atoms with Gasteiger partial charge >= 0.3 is 0 Å². The molecule has 7 heteroatoms. The lowest BCUT2D eigenvalue weighted by Crippen LogP contribution is -2.51. The summed E-state index contributed by atoms with van der Waals surface area (Å²) in [5.41, 5.74) is 1.16. The fraction of sp³-hybridized carbons (Fsp3) is 0.400. The highest BCUT2D eigenvalue weighted by Crippen LogP contribution is 2.21. The van der Waals surface area contributed by atoms with Gasteiger partial charge in [0.1, 0.15) is 0 Å². The van der Waals surface area contributed by atoms with E-state index in [2.05, 4.69) is 4.98 Å². The number of hydrogen-bond acceptors (Lipinski definition) is 3. The van der Waals surface area contributed by atoms with Crippen LogP contribution in [0.2, 0.25) is 0 Å². The van der Waals surface area contributed by atoms with Crippen molar-refractivity contribution in [2.45, 2.75) is 26.4 Å². The fourth-order valence-corrected chi connectivity index (χ4v) is 3.08. The number of aromatic amines is 1. The Kier molecular flexibility index (Phi) is 5.78. The number of aromatic nitrogens is 1. The first-order chi connectivity index (χ1) is 12.9. The number of rotatable bonds is 5. The van der Waals surface area contributed by atoms with E-state index in [4.69, 9.17) is 4.74 Å². The Bertz CT molecular complexity index is 797. The van der Waals surface area contributed by atoms with E-state index in [1.165, 1.54) is 12.1 Å². The molecule has 0 radical (unpaired) electrons. The maximum Gasteiger partial charge on any atom is 0.254 e. The third-order valence-corrected chi connectivity index (χ3v) is 4.47. The Morgan fingerprint density at radius 2 is 1.85 bits per heavy atom. The van der Waals surface area contributed by atoms with Crippen molar-refractivity contribution in [3.05, 3.63) is 53.6 Å². The number of nitrogens with one attached hydrogen (secondary N) is 1. The first-order valence-corrected chi connectivity index (χ1v) is 9.09. The monoisotopic (exact) mass is 373 g/mol. The van der Waals surface area contributed by atoms with E-state index in [-0.39, 0.29) is 29.2 Å². The number of piperazine rings is 1. The summed E-state index contributed by atoms with van der Waals surface area (Å²) in [6.45, 7) is 5.44. The fourth-order valence-electron chi connectivity index (χ4n) is 3.08. The molecule has 1 aliphatic rings. The van der Waals surface area contributed by atoms with Gasteiger partial charge in [-0.15, -0.1) is 0 Å². The largest absolute Gasteiger partial charge is 0.488 e. The maximum atomic E-state index is 14.1. The Morgan fingerprint density at radius 1 is 1.15 bits per heavy atom. The average molecular weight is 373 g/mol. The van der Waals surface area contributed by atoms with Gasteiger partial charge in [0.05, 0.1) is 12.5 Å². The molecule has 0 unspecified atom stereocenters. The second-order valence-corrected chi connectivity index (χ2v) is 6.86. The molecule has 3 rings (SSSR count). The number of amides is 2. The van der Waals surface area contributed by atoms with Crippen LogP contribution in [-0.2, 0) is 11.2 Å². The Balaban J connectivity index is 1.56. The minimum absolute atomic E-state index is 0.0331. The number of benzene rings is 1. The van der Waals surface area contributed by atoms with E-state index in [0.29, 0.717) is 32.6 Å². The predicted molar refractivity (Wildman–Crippen MR) is 99.1 cm³/mol. The van der Waals surface area contributed by atoms with Crippen LogP contribution >= 0.6 is 0 Å². The zero-order valence-corrected chi connectivity index (χ0v) is 15.6. The third kappa shape index (κ3) is 4.67. The van der Waals surface area contributed by atoms with E-state index >= 15 is 0 Å². The molecule has 0 aliphatic carbocycles.